The molecule has 0 saturated heterocycles. The monoisotopic (exact) mass is 304 g/mol. The Balaban J connectivity index is 2.84. The van der Waals surface area contributed by atoms with Crippen LogP contribution in [0.2, 0.25) is 0 Å². The van der Waals surface area contributed by atoms with Crippen molar-refractivity contribution in [1.82, 2.24) is 0 Å². The Bertz CT molecular complexity index is 310. The molecule has 78 valence electrons. The molecule has 0 amide bonds. The molecule has 0 aliphatic rings. The van der Waals surface area contributed by atoms with E-state index in [2.05, 4.69) is 60.5 Å². The summed E-state index contributed by atoms with van der Waals surface area (Å²) >= 11 is 2.27. The van der Waals surface area contributed by atoms with Crippen molar-refractivity contribution in [2.75, 3.05) is 24.2 Å². The quantitative estimate of drug-likeness (QED) is 0.687. The molecule has 0 fully saturated rings. The molecule has 0 aliphatic heterocycles. The van der Waals surface area contributed by atoms with Gasteiger partial charge in [0.05, 0.1) is 11.4 Å². The highest BCUT2D eigenvalue weighted by Gasteiger charge is 2.06. The molecule has 0 atom stereocenters. The predicted molar refractivity (Wildman–Crippen MR) is 71.7 cm³/mol. The van der Waals surface area contributed by atoms with Crippen LogP contribution in [0.3, 0.4) is 0 Å². The Morgan fingerprint density at radius 2 is 2.07 bits per heavy atom. The largest absolute Gasteiger partial charge is 0.397 e. The molecule has 0 saturated carbocycles. The van der Waals surface area contributed by atoms with E-state index in [-0.39, 0.29) is 0 Å². The summed E-state index contributed by atoms with van der Waals surface area (Å²) in [6, 6.07) is 6.18. The number of nitrogens with two attached hydrogens (primary N) is 1. The summed E-state index contributed by atoms with van der Waals surface area (Å²) in [7, 11) is 2.08. The number of halogens is 1. The molecule has 0 aliphatic carbocycles. The Hall–Kier alpha value is -0.450. The molecule has 0 aromatic heterocycles. The first-order chi connectivity index (χ1) is 6.50. The van der Waals surface area contributed by atoms with Gasteiger partial charge in [-0.3, -0.25) is 0 Å². The van der Waals surface area contributed by atoms with Crippen molar-refractivity contribution >= 4 is 34.0 Å². The second-order valence-corrected chi connectivity index (χ2v) is 5.22. The second-order valence-electron chi connectivity index (χ2n) is 3.98. The van der Waals surface area contributed by atoms with Crippen molar-refractivity contribution < 1.29 is 0 Å². The third kappa shape index (κ3) is 3.04. The van der Waals surface area contributed by atoms with E-state index in [1.807, 2.05) is 6.07 Å². The lowest BCUT2D eigenvalue weighted by atomic mass is 10.2. The van der Waals surface area contributed by atoms with E-state index in [0.29, 0.717) is 5.92 Å². The SMILES string of the molecule is CC(C)CN(C)c1ccc(I)cc1N. The van der Waals surface area contributed by atoms with Crippen molar-refractivity contribution in [1.29, 1.82) is 0 Å². The molecule has 0 spiro atoms. The third-order valence-corrected chi connectivity index (χ3v) is 2.71. The summed E-state index contributed by atoms with van der Waals surface area (Å²) in [5.74, 6) is 0.652. The van der Waals surface area contributed by atoms with Crippen molar-refractivity contribution in [2.45, 2.75) is 13.8 Å². The predicted octanol–water partition coefficient (Wildman–Crippen LogP) is 2.97. The first-order valence-electron chi connectivity index (χ1n) is 4.77. The summed E-state index contributed by atoms with van der Waals surface area (Å²) in [5, 5.41) is 0. The van der Waals surface area contributed by atoms with Gasteiger partial charge >= 0.3 is 0 Å². The molecule has 2 N–H and O–H groups in total. The molecule has 3 heteroatoms. The summed E-state index contributed by atoms with van der Waals surface area (Å²) in [5.41, 5.74) is 7.94. The van der Waals surface area contributed by atoms with E-state index in [9.17, 15) is 0 Å². The van der Waals surface area contributed by atoms with Gasteiger partial charge in [0.15, 0.2) is 0 Å². The molecule has 0 heterocycles. The smallest absolute Gasteiger partial charge is 0.0598 e. The van der Waals surface area contributed by atoms with Crippen LogP contribution in [-0.4, -0.2) is 13.6 Å². The molecule has 1 aromatic rings. The van der Waals surface area contributed by atoms with E-state index >= 15 is 0 Å². The molecule has 1 aromatic carbocycles. The summed E-state index contributed by atoms with van der Waals surface area (Å²) in [4.78, 5) is 2.20. The van der Waals surface area contributed by atoms with E-state index in [1.165, 1.54) is 3.57 Å². The standard InChI is InChI=1S/C11H17IN2/c1-8(2)7-14(3)11-5-4-9(12)6-10(11)13/h4-6,8H,7,13H2,1-3H3. The zero-order valence-electron chi connectivity index (χ0n) is 8.92. The first-order valence-corrected chi connectivity index (χ1v) is 5.84. The van der Waals surface area contributed by atoms with Gasteiger partial charge in [-0.1, -0.05) is 13.8 Å². The van der Waals surface area contributed by atoms with E-state index in [1.54, 1.807) is 0 Å². The first kappa shape index (κ1) is 11.6. The Labute approximate surface area is 99.6 Å². The van der Waals surface area contributed by atoms with Gasteiger partial charge in [0, 0.05) is 17.2 Å². The van der Waals surface area contributed by atoms with Crippen LogP contribution in [0.15, 0.2) is 18.2 Å². The number of nitrogen functional groups attached to an aromatic ring is 1. The zero-order chi connectivity index (χ0) is 10.7. The normalized spacial score (nSPS) is 10.6. The minimum Gasteiger partial charge on any atom is -0.397 e. The molecule has 0 unspecified atom stereocenters. The average Bonchev–Trinajstić information content (AvgIpc) is 2.01. The second kappa shape index (κ2) is 4.87. The Morgan fingerprint density at radius 1 is 1.43 bits per heavy atom. The molecule has 14 heavy (non-hydrogen) atoms. The van der Waals surface area contributed by atoms with Crippen LogP contribution in [0.1, 0.15) is 13.8 Å². The molecule has 0 radical (unpaired) electrons. The van der Waals surface area contributed by atoms with Crippen LogP contribution in [0.4, 0.5) is 11.4 Å². The van der Waals surface area contributed by atoms with Crippen LogP contribution in [-0.2, 0) is 0 Å². The highest BCUT2D eigenvalue weighted by Crippen LogP contribution is 2.24. The van der Waals surface area contributed by atoms with Gasteiger partial charge in [-0.15, -0.1) is 0 Å². The maximum Gasteiger partial charge on any atom is 0.0598 e. The number of hydrogen-bond donors (Lipinski definition) is 1. The number of nitrogens with zero attached hydrogens (tertiary/aromatic N) is 1. The van der Waals surface area contributed by atoms with Gasteiger partial charge in [0.25, 0.3) is 0 Å². The van der Waals surface area contributed by atoms with E-state index in [0.717, 1.165) is 17.9 Å². The lowest BCUT2D eigenvalue weighted by Gasteiger charge is -2.23. The summed E-state index contributed by atoms with van der Waals surface area (Å²) < 4.78 is 1.18. The van der Waals surface area contributed by atoms with Gasteiger partial charge in [-0.2, -0.15) is 0 Å². The van der Waals surface area contributed by atoms with Gasteiger partial charge in [0.1, 0.15) is 0 Å². The van der Waals surface area contributed by atoms with Gasteiger partial charge < -0.3 is 10.6 Å². The van der Waals surface area contributed by atoms with Crippen LogP contribution >= 0.6 is 22.6 Å². The number of benzene rings is 1. The average molecular weight is 304 g/mol. The van der Waals surface area contributed by atoms with Gasteiger partial charge in [-0.25, -0.2) is 0 Å². The number of anilines is 2. The molecule has 1 rings (SSSR count). The number of hydrogen-bond acceptors (Lipinski definition) is 2. The third-order valence-electron chi connectivity index (χ3n) is 2.04. The van der Waals surface area contributed by atoms with E-state index in [4.69, 9.17) is 5.73 Å². The lowest BCUT2D eigenvalue weighted by molar-refractivity contribution is 0.639. The van der Waals surface area contributed by atoms with Crippen molar-refractivity contribution in [3.63, 3.8) is 0 Å². The highest BCUT2D eigenvalue weighted by molar-refractivity contribution is 14.1. The fraction of sp³-hybridized carbons (Fsp3) is 0.455. The van der Waals surface area contributed by atoms with Gasteiger partial charge in [-0.05, 0) is 46.7 Å². The van der Waals surface area contributed by atoms with Crippen LogP contribution in [0.5, 0.6) is 0 Å². The maximum atomic E-state index is 5.95. The van der Waals surface area contributed by atoms with E-state index < -0.39 is 0 Å². The molecule has 0 bridgehead atoms. The van der Waals surface area contributed by atoms with Crippen LogP contribution < -0.4 is 10.6 Å². The minimum absolute atomic E-state index is 0.652. The summed E-state index contributed by atoms with van der Waals surface area (Å²) in [6.07, 6.45) is 0. The van der Waals surface area contributed by atoms with Gasteiger partial charge in [0.2, 0.25) is 0 Å². The fourth-order valence-electron chi connectivity index (χ4n) is 1.52. The Kier molecular flexibility index (Phi) is 4.04. The van der Waals surface area contributed by atoms with Crippen molar-refractivity contribution in [3.05, 3.63) is 21.8 Å². The highest BCUT2D eigenvalue weighted by atomic mass is 127. The lowest BCUT2D eigenvalue weighted by Crippen LogP contribution is -2.23. The molecular formula is C11H17IN2. The minimum atomic E-state index is 0.652. The molecule has 2 nitrogen and oxygen atoms in total. The fourth-order valence-corrected chi connectivity index (χ4v) is 2.03. The van der Waals surface area contributed by atoms with Crippen LogP contribution in [0, 0.1) is 9.49 Å². The zero-order valence-corrected chi connectivity index (χ0v) is 11.1. The number of rotatable bonds is 3. The van der Waals surface area contributed by atoms with Crippen molar-refractivity contribution in [3.8, 4) is 0 Å². The van der Waals surface area contributed by atoms with Crippen LogP contribution in [0.25, 0.3) is 0 Å². The topological polar surface area (TPSA) is 29.3 Å². The maximum absolute atomic E-state index is 5.95. The summed E-state index contributed by atoms with van der Waals surface area (Å²) in [6.45, 7) is 5.45. The molecular weight excluding hydrogens is 287 g/mol. The Morgan fingerprint density at radius 3 is 2.57 bits per heavy atom. The van der Waals surface area contributed by atoms with Crippen molar-refractivity contribution in [2.24, 2.45) is 5.92 Å².